The van der Waals surface area contributed by atoms with Crippen LogP contribution < -0.4 is 0 Å². The van der Waals surface area contributed by atoms with Crippen LogP contribution in [0.3, 0.4) is 0 Å². The lowest BCUT2D eigenvalue weighted by Gasteiger charge is -2.21. The van der Waals surface area contributed by atoms with Gasteiger partial charge in [-0.15, -0.1) is 0 Å². The molecule has 0 N–H and O–H groups in total. The molecule has 0 radical (unpaired) electrons. The van der Waals surface area contributed by atoms with Gasteiger partial charge in [0.2, 0.25) is 11.8 Å². The summed E-state index contributed by atoms with van der Waals surface area (Å²) in [7, 11) is 3.24. The van der Waals surface area contributed by atoms with E-state index in [-0.39, 0.29) is 12.3 Å². The molecule has 0 aliphatic carbocycles. The Morgan fingerprint density at radius 2 is 1.75 bits per heavy atom. The molecule has 130 valence electrons. The molecule has 0 saturated heterocycles. The van der Waals surface area contributed by atoms with Crippen molar-refractivity contribution >= 4 is 5.91 Å². The Hall–Kier alpha value is -2.18. The number of methoxy groups -OCH3 is 2. The second-order valence-corrected chi connectivity index (χ2v) is 5.43. The zero-order valence-electron chi connectivity index (χ0n) is 14.4. The van der Waals surface area contributed by atoms with Crippen molar-refractivity contribution in [3.63, 3.8) is 0 Å². The van der Waals surface area contributed by atoms with Gasteiger partial charge in [-0.3, -0.25) is 4.79 Å². The fraction of sp³-hybridized carbons (Fsp3) is 0.444. The van der Waals surface area contributed by atoms with Gasteiger partial charge >= 0.3 is 0 Å². The number of ether oxygens (including phenoxy) is 2. The van der Waals surface area contributed by atoms with Gasteiger partial charge in [0.15, 0.2) is 0 Å². The first kappa shape index (κ1) is 18.2. The monoisotopic (exact) mass is 332 g/mol. The van der Waals surface area contributed by atoms with Crippen LogP contribution in [0.2, 0.25) is 0 Å². The van der Waals surface area contributed by atoms with Crippen molar-refractivity contribution < 1.29 is 18.7 Å². The summed E-state index contributed by atoms with van der Waals surface area (Å²) in [5.74, 6) is 1.19. The molecule has 1 aromatic heterocycles. The van der Waals surface area contributed by atoms with Gasteiger partial charge in [-0.05, 0) is 19.1 Å². The Kier molecular flexibility index (Phi) is 6.96. The molecule has 1 amide bonds. The van der Waals surface area contributed by atoms with E-state index < -0.39 is 0 Å². The average molecular weight is 332 g/mol. The molecule has 6 heteroatoms. The van der Waals surface area contributed by atoms with Gasteiger partial charge in [0.05, 0.1) is 25.3 Å². The third-order valence-electron chi connectivity index (χ3n) is 3.72. The summed E-state index contributed by atoms with van der Waals surface area (Å²) in [4.78, 5) is 18.8. The van der Waals surface area contributed by atoms with Gasteiger partial charge in [0, 0.05) is 32.9 Å². The standard InChI is InChI=1S/C18H24N2O4/c1-14-16(19-18(24-14)15-7-5-4-6-8-15)13-17(21)20(9-11-22-2)10-12-23-3/h4-8H,9-13H2,1-3H3. The Labute approximate surface area is 142 Å². The smallest absolute Gasteiger partial charge is 0.228 e. The highest BCUT2D eigenvalue weighted by Crippen LogP contribution is 2.21. The van der Waals surface area contributed by atoms with Crippen molar-refractivity contribution in [1.29, 1.82) is 0 Å². The number of oxazole rings is 1. The molecule has 0 aliphatic heterocycles. The summed E-state index contributed by atoms with van der Waals surface area (Å²) >= 11 is 0. The second kappa shape index (κ2) is 9.20. The van der Waals surface area contributed by atoms with Crippen LogP contribution in [0.1, 0.15) is 11.5 Å². The zero-order chi connectivity index (χ0) is 17.4. The van der Waals surface area contributed by atoms with Gasteiger partial charge in [-0.2, -0.15) is 0 Å². The largest absolute Gasteiger partial charge is 0.441 e. The van der Waals surface area contributed by atoms with E-state index in [0.717, 1.165) is 5.56 Å². The van der Waals surface area contributed by atoms with Gasteiger partial charge in [-0.25, -0.2) is 4.98 Å². The van der Waals surface area contributed by atoms with Gasteiger partial charge < -0.3 is 18.8 Å². The van der Waals surface area contributed by atoms with Crippen LogP contribution in [-0.2, 0) is 20.7 Å². The fourth-order valence-corrected chi connectivity index (χ4v) is 2.32. The number of aryl methyl sites for hydroxylation is 1. The lowest BCUT2D eigenvalue weighted by atomic mass is 10.2. The molecule has 0 fully saturated rings. The van der Waals surface area contributed by atoms with E-state index in [4.69, 9.17) is 13.9 Å². The van der Waals surface area contributed by atoms with E-state index >= 15 is 0 Å². The number of benzene rings is 1. The van der Waals surface area contributed by atoms with Crippen LogP contribution in [0.4, 0.5) is 0 Å². The predicted octanol–water partition coefficient (Wildman–Crippen LogP) is 2.31. The molecule has 2 rings (SSSR count). The number of amides is 1. The molecule has 0 aliphatic rings. The van der Waals surface area contributed by atoms with Crippen LogP contribution in [-0.4, -0.2) is 56.3 Å². The van der Waals surface area contributed by atoms with Gasteiger partial charge in [0.25, 0.3) is 0 Å². The molecule has 1 aromatic carbocycles. The Morgan fingerprint density at radius 1 is 1.12 bits per heavy atom. The zero-order valence-corrected chi connectivity index (χ0v) is 14.4. The lowest BCUT2D eigenvalue weighted by Crippen LogP contribution is -2.37. The minimum Gasteiger partial charge on any atom is -0.441 e. The SMILES string of the molecule is COCCN(CCOC)C(=O)Cc1nc(-c2ccccc2)oc1C. The van der Waals surface area contributed by atoms with Crippen molar-refractivity contribution in [3.8, 4) is 11.5 Å². The first-order valence-electron chi connectivity index (χ1n) is 7.93. The number of carbonyl (C=O) groups excluding carboxylic acids is 1. The molecule has 0 atom stereocenters. The number of carbonyl (C=O) groups is 1. The van der Waals surface area contributed by atoms with Crippen molar-refractivity contribution in [1.82, 2.24) is 9.88 Å². The first-order valence-corrected chi connectivity index (χ1v) is 7.93. The normalized spacial score (nSPS) is 10.8. The van der Waals surface area contributed by atoms with Crippen LogP contribution in [0, 0.1) is 6.92 Å². The summed E-state index contributed by atoms with van der Waals surface area (Å²) in [5.41, 5.74) is 1.56. The minimum absolute atomic E-state index is 0.0138. The number of aromatic nitrogens is 1. The molecule has 0 saturated carbocycles. The van der Waals surface area contributed by atoms with E-state index in [0.29, 0.717) is 43.6 Å². The predicted molar refractivity (Wildman–Crippen MR) is 90.7 cm³/mol. The van der Waals surface area contributed by atoms with E-state index in [1.165, 1.54) is 0 Å². The third kappa shape index (κ3) is 4.91. The molecule has 24 heavy (non-hydrogen) atoms. The highest BCUT2D eigenvalue weighted by molar-refractivity contribution is 5.78. The molecular weight excluding hydrogens is 308 g/mol. The van der Waals surface area contributed by atoms with Crippen LogP contribution in [0.25, 0.3) is 11.5 Å². The minimum atomic E-state index is -0.0138. The van der Waals surface area contributed by atoms with Crippen LogP contribution in [0.15, 0.2) is 34.7 Å². The fourth-order valence-electron chi connectivity index (χ4n) is 2.32. The molecule has 6 nitrogen and oxygen atoms in total. The van der Waals surface area contributed by atoms with E-state index in [2.05, 4.69) is 4.98 Å². The quantitative estimate of drug-likeness (QED) is 0.705. The number of hydrogen-bond acceptors (Lipinski definition) is 5. The number of hydrogen-bond donors (Lipinski definition) is 0. The van der Waals surface area contributed by atoms with Crippen molar-refractivity contribution in [2.45, 2.75) is 13.3 Å². The van der Waals surface area contributed by atoms with Gasteiger partial charge in [0.1, 0.15) is 5.76 Å². The number of rotatable bonds is 9. The Morgan fingerprint density at radius 3 is 2.33 bits per heavy atom. The maximum Gasteiger partial charge on any atom is 0.228 e. The molecule has 0 bridgehead atoms. The van der Waals surface area contributed by atoms with Crippen molar-refractivity contribution in [3.05, 3.63) is 41.8 Å². The van der Waals surface area contributed by atoms with E-state index in [9.17, 15) is 4.79 Å². The maximum atomic E-state index is 12.6. The third-order valence-corrected chi connectivity index (χ3v) is 3.72. The summed E-state index contributed by atoms with van der Waals surface area (Å²) < 4.78 is 15.9. The summed E-state index contributed by atoms with van der Waals surface area (Å²) in [5, 5.41) is 0. The van der Waals surface area contributed by atoms with Crippen LogP contribution in [0.5, 0.6) is 0 Å². The first-order chi connectivity index (χ1) is 11.7. The van der Waals surface area contributed by atoms with E-state index in [1.807, 2.05) is 37.3 Å². The lowest BCUT2D eigenvalue weighted by molar-refractivity contribution is -0.131. The molecule has 0 spiro atoms. The second-order valence-electron chi connectivity index (χ2n) is 5.43. The van der Waals surface area contributed by atoms with Gasteiger partial charge in [-0.1, -0.05) is 18.2 Å². The van der Waals surface area contributed by atoms with E-state index in [1.54, 1.807) is 19.1 Å². The molecule has 2 aromatic rings. The van der Waals surface area contributed by atoms with Crippen molar-refractivity contribution in [2.24, 2.45) is 0 Å². The number of nitrogens with zero attached hydrogens (tertiary/aromatic N) is 2. The molecule has 1 heterocycles. The Bertz CT molecular complexity index is 632. The summed E-state index contributed by atoms with van der Waals surface area (Å²) in [6.45, 7) is 3.87. The summed E-state index contributed by atoms with van der Waals surface area (Å²) in [6.07, 6.45) is 0.204. The molecule has 0 unspecified atom stereocenters. The highest BCUT2D eigenvalue weighted by atomic mass is 16.5. The van der Waals surface area contributed by atoms with Crippen molar-refractivity contribution in [2.75, 3.05) is 40.5 Å². The summed E-state index contributed by atoms with van der Waals surface area (Å²) in [6, 6.07) is 9.65. The molecular formula is C18H24N2O4. The average Bonchev–Trinajstić information content (AvgIpc) is 2.96. The van der Waals surface area contributed by atoms with Crippen LogP contribution >= 0.6 is 0 Å². The topological polar surface area (TPSA) is 64.8 Å². The Balaban J connectivity index is 2.08. The maximum absolute atomic E-state index is 12.6. The highest BCUT2D eigenvalue weighted by Gasteiger charge is 2.19.